The van der Waals surface area contributed by atoms with Crippen molar-refractivity contribution < 1.29 is 14.3 Å². The van der Waals surface area contributed by atoms with E-state index >= 15 is 0 Å². The summed E-state index contributed by atoms with van der Waals surface area (Å²) in [7, 11) is 1.56. The summed E-state index contributed by atoms with van der Waals surface area (Å²) < 4.78 is 11.0. The fraction of sp³-hybridized carbons (Fsp3) is 0.318. The van der Waals surface area contributed by atoms with E-state index in [1.807, 2.05) is 38.1 Å². The van der Waals surface area contributed by atoms with Gasteiger partial charge >= 0.3 is 0 Å². The Labute approximate surface area is 169 Å². The van der Waals surface area contributed by atoms with Gasteiger partial charge in [-0.3, -0.25) is 9.89 Å². The van der Waals surface area contributed by atoms with Crippen LogP contribution >= 0.6 is 0 Å². The average molecular weight is 392 g/mol. The molecule has 1 amide bonds. The molecule has 2 N–H and O–H groups in total. The monoisotopic (exact) mass is 392 g/mol. The van der Waals surface area contributed by atoms with Crippen molar-refractivity contribution in [1.29, 1.82) is 0 Å². The Morgan fingerprint density at radius 1 is 1.14 bits per heavy atom. The van der Waals surface area contributed by atoms with Crippen molar-refractivity contribution in [3.8, 4) is 22.9 Å². The molecule has 1 aliphatic carbocycles. The summed E-state index contributed by atoms with van der Waals surface area (Å²) in [6.07, 6.45) is 2.37. The van der Waals surface area contributed by atoms with Gasteiger partial charge in [-0.25, -0.2) is 4.98 Å². The van der Waals surface area contributed by atoms with E-state index in [9.17, 15) is 4.79 Å². The molecular formula is C22H24N4O3. The summed E-state index contributed by atoms with van der Waals surface area (Å²) in [5, 5.41) is 10.2. The van der Waals surface area contributed by atoms with Gasteiger partial charge in [0, 0.05) is 22.7 Å². The Hall–Kier alpha value is -3.35. The van der Waals surface area contributed by atoms with Crippen LogP contribution in [0.3, 0.4) is 0 Å². The van der Waals surface area contributed by atoms with Gasteiger partial charge in [-0.2, -0.15) is 5.10 Å². The van der Waals surface area contributed by atoms with Crippen LogP contribution in [0.25, 0.3) is 11.4 Å². The van der Waals surface area contributed by atoms with Crippen LogP contribution in [0.5, 0.6) is 11.5 Å². The minimum absolute atomic E-state index is 0.0199. The number of anilines is 1. The number of aromatic nitrogens is 3. The first-order valence-corrected chi connectivity index (χ1v) is 9.72. The second-order valence-corrected chi connectivity index (χ2v) is 7.38. The largest absolute Gasteiger partial charge is 0.493 e. The van der Waals surface area contributed by atoms with Gasteiger partial charge in [0.1, 0.15) is 5.82 Å². The molecule has 1 fully saturated rings. The van der Waals surface area contributed by atoms with E-state index in [-0.39, 0.29) is 12.0 Å². The molecule has 2 aromatic carbocycles. The molecule has 29 heavy (non-hydrogen) atoms. The average Bonchev–Trinajstić information content (AvgIpc) is 3.45. The minimum Gasteiger partial charge on any atom is -0.493 e. The molecule has 0 aliphatic heterocycles. The number of benzene rings is 2. The van der Waals surface area contributed by atoms with Crippen molar-refractivity contribution in [2.24, 2.45) is 0 Å². The molecule has 0 atom stereocenters. The molecule has 0 bridgehead atoms. The molecule has 150 valence electrons. The lowest BCUT2D eigenvalue weighted by Crippen LogP contribution is -2.13. The van der Waals surface area contributed by atoms with E-state index in [1.54, 1.807) is 25.3 Å². The van der Waals surface area contributed by atoms with Crippen molar-refractivity contribution >= 4 is 11.6 Å². The molecule has 4 rings (SSSR count). The Kier molecular flexibility index (Phi) is 5.20. The number of hydrogen-bond donors (Lipinski definition) is 2. The maximum Gasteiger partial charge on any atom is 0.255 e. The first-order valence-electron chi connectivity index (χ1n) is 9.72. The Morgan fingerprint density at radius 3 is 2.55 bits per heavy atom. The number of nitrogens with zero attached hydrogens (tertiary/aromatic N) is 2. The maximum atomic E-state index is 12.6. The first-order chi connectivity index (χ1) is 14.0. The second kappa shape index (κ2) is 7.95. The van der Waals surface area contributed by atoms with Crippen LogP contribution in [-0.2, 0) is 0 Å². The standard InChI is InChI=1S/C22H24N4O3/c1-13(2)29-18-11-8-16(12-19(18)28-3)22(27)23-17-9-6-15(7-10-17)21-24-20(25-26-21)14-4-5-14/h6-14H,4-5H2,1-3H3,(H,23,27)(H,24,25,26). The fourth-order valence-corrected chi connectivity index (χ4v) is 3.01. The third-order valence-corrected chi connectivity index (χ3v) is 4.66. The quantitative estimate of drug-likeness (QED) is 0.622. The zero-order chi connectivity index (χ0) is 20.4. The van der Waals surface area contributed by atoms with Crippen LogP contribution < -0.4 is 14.8 Å². The van der Waals surface area contributed by atoms with Gasteiger partial charge < -0.3 is 14.8 Å². The number of carbonyl (C=O) groups is 1. The number of methoxy groups -OCH3 is 1. The number of carbonyl (C=O) groups excluding carboxylic acids is 1. The Morgan fingerprint density at radius 2 is 1.90 bits per heavy atom. The van der Waals surface area contributed by atoms with Crippen LogP contribution in [0.2, 0.25) is 0 Å². The van der Waals surface area contributed by atoms with Crippen molar-refractivity contribution in [3.63, 3.8) is 0 Å². The van der Waals surface area contributed by atoms with Crippen molar-refractivity contribution in [3.05, 3.63) is 53.9 Å². The number of rotatable bonds is 7. The summed E-state index contributed by atoms with van der Waals surface area (Å²) in [5.41, 5.74) is 2.09. The van der Waals surface area contributed by atoms with E-state index in [0.717, 1.165) is 11.4 Å². The lowest BCUT2D eigenvalue weighted by atomic mass is 10.1. The summed E-state index contributed by atoms with van der Waals surface area (Å²) in [6, 6.07) is 12.6. The highest BCUT2D eigenvalue weighted by molar-refractivity contribution is 6.04. The third-order valence-electron chi connectivity index (χ3n) is 4.66. The molecule has 1 heterocycles. The fourth-order valence-electron chi connectivity index (χ4n) is 3.01. The van der Waals surface area contributed by atoms with Gasteiger partial charge in [0.25, 0.3) is 5.91 Å². The molecule has 7 nitrogen and oxygen atoms in total. The lowest BCUT2D eigenvalue weighted by Gasteiger charge is -2.14. The molecule has 0 unspecified atom stereocenters. The molecule has 7 heteroatoms. The number of ether oxygens (including phenoxy) is 2. The molecule has 1 aliphatic rings. The topological polar surface area (TPSA) is 89.1 Å². The number of H-pyrrole nitrogens is 1. The smallest absolute Gasteiger partial charge is 0.255 e. The van der Waals surface area contributed by atoms with Gasteiger partial charge in [0.05, 0.1) is 13.2 Å². The van der Waals surface area contributed by atoms with Gasteiger partial charge in [0.15, 0.2) is 17.3 Å². The highest BCUT2D eigenvalue weighted by atomic mass is 16.5. The second-order valence-electron chi connectivity index (χ2n) is 7.38. The lowest BCUT2D eigenvalue weighted by molar-refractivity contribution is 0.102. The molecule has 0 radical (unpaired) electrons. The first kappa shape index (κ1) is 19.0. The van der Waals surface area contributed by atoms with E-state index < -0.39 is 0 Å². The normalized spacial score (nSPS) is 13.4. The van der Waals surface area contributed by atoms with E-state index in [1.165, 1.54) is 12.8 Å². The molecule has 1 aromatic heterocycles. The van der Waals surface area contributed by atoms with Crippen molar-refractivity contribution in [1.82, 2.24) is 15.2 Å². The summed E-state index contributed by atoms with van der Waals surface area (Å²) in [4.78, 5) is 17.2. The Balaban J connectivity index is 1.45. The molecule has 1 saturated carbocycles. The third kappa shape index (κ3) is 4.39. The zero-order valence-corrected chi connectivity index (χ0v) is 16.7. The van der Waals surface area contributed by atoms with Crippen LogP contribution in [0, 0.1) is 0 Å². The zero-order valence-electron chi connectivity index (χ0n) is 16.7. The SMILES string of the molecule is COc1cc(C(=O)Nc2ccc(-c3n[nH]c(C4CC4)n3)cc2)ccc1OC(C)C. The van der Waals surface area contributed by atoms with E-state index in [2.05, 4.69) is 20.5 Å². The van der Waals surface area contributed by atoms with Gasteiger partial charge in [0.2, 0.25) is 0 Å². The summed E-state index contributed by atoms with van der Waals surface area (Å²) in [6.45, 7) is 3.88. The molecule has 0 spiro atoms. The van der Waals surface area contributed by atoms with E-state index in [0.29, 0.717) is 34.5 Å². The van der Waals surface area contributed by atoms with Crippen molar-refractivity contribution in [2.45, 2.75) is 38.7 Å². The highest BCUT2D eigenvalue weighted by Crippen LogP contribution is 2.38. The predicted octanol–water partition coefficient (Wildman–Crippen LogP) is 4.40. The van der Waals surface area contributed by atoms with Crippen LogP contribution in [0.15, 0.2) is 42.5 Å². The molecule has 3 aromatic rings. The number of nitrogens with one attached hydrogen (secondary N) is 2. The van der Waals surface area contributed by atoms with Crippen LogP contribution in [0.4, 0.5) is 5.69 Å². The summed E-state index contributed by atoms with van der Waals surface area (Å²) in [5.74, 6) is 3.08. The summed E-state index contributed by atoms with van der Waals surface area (Å²) >= 11 is 0. The molecular weight excluding hydrogens is 368 g/mol. The number of amides is 1. The van der Waals surface area contributed by atoms with E-state index in [4.69, 9.17) is 9.47 Å². The van der Waals surface area contributed by atoms with Crippen molar-refractivity contribution in [2.75, 3.05) is 12.4 Å². The number of aromatic amines is 1. The van der Waals surface area contributed by atoms with Gasteiger partial charge in [-0.05, 0) is 69.2 Å². The minimum atomic E-state index is -0.221. The van der Waals surface area contributed by atoms with Crippen LogP contribution in [-0.4, -0.2) is 34.3 Å². The Bertz CT molecular complexity index is 1010. The molecule has 0 saturated heterocycles. The highest BCUT2D eigenvalue weighted by Gasteiger charge is 2.27. The predicted molar refractivity (Wildman–Crippen MR) is 111 cm³/mol. The van der Waals surface area contributed by atoms with Gasteiger partial charge in [-0.1, -0.05) is 0 Å². The van der Waals surface area contributed by atoms with Gasteiger partial charge in [-0.15, -0.1) is 0 Å². The maximum absolute atomic E-state index is 12.6. The van der Waals surface area contributed by atoms with Crippen LogP contribution in [0.1, 0.15) is 48.8 Å². The number of hydrogen-bond acceptors (Lipinski definition) is 5.